The van der Waals surface area contributed by atoms with E-state index in [1.54, 1.807) is 6.92 Å². The summed E-state index contributed by atoms with van der Waals surface area (Å²) < 4.78 is 4.92. The molecule has 7 heteroatoms. The third kappa shape index (κ3) is 4.66. The van der Waals surface area contributed by atoms with Crippen LogP contribution in [-0.4, -0.2) is 45.3 Å². The molecule has 0 saturated heterocycles. The number of aliphatic hydroxyl groups is 1. The minimum atomic E-state index is -0.0779. The van der Waals surface area contributed by atoms with Crippen LogP contribution in [0.1, 0.15) is 25.1 Å². The number of nitrogens with one attached hydrogen (secondary N) is 1. The fourth-order valence-electron chi connectivity index (χ4n) is 1.52. The van der Waals surface area contributed by atoms with E-state index in [0.717, 1.165) is 0 Å². The number of aliphatic hydroxyl groups excluding tert-OH is 1. The lowest BCUT2D eigenvalue weighted by atomic mass is 10.2. The summed E-state index contributed by atoms with van der Waals surface area (Å²) >= 11 is 1.53. The van der Waals surface area contributed by atoms with E-state index < -0.39 is 0 Å². The third-order valence-electron chi connectivity index (χ3n) is 2.56. The van der Waals surface area contributed by atoms with Crippen molar-refractivity contribution in [2.75, 3.05) is 12.9 Å². The Balaban J connectivity index is 2.33. The Bertz CT molecular complexity index is 379. The maximum atomic E-state index is 11.7. The number of thioether (sulfide) groups is 1. The molecule has 1 aromatic heterocycles. The minimum absolute atomic E-state index is 0.0135. The van der Waals surface area contributed by atoms with Gasteiger partial charge >= 0.3 is 0 Å². The number of rotatable bonds is 7. The zero-order valence-electron chi connectivity index (χ0n) is 10.8. The second-order valence-corrected chi connectivity index (χ2v) is 5.13. The van der Waals surface area contributed by atoms with Crippen molar-refractivity contribution in [2.24, 2.45) is 0 Å². The van der Waals surface area contributed by atoms with Crippen LogP contribution < -0.4 is 5.32 Å². The highest BCUT2D eigenvalue weighted by Crippen LogP contribution is 2.10. The van der Waals surface area contributed by atoms with Gasteiger partial charge in [-0.2, -0.15) is 16.7 Å². The van der Waals surface area contributed by atoms with Crippen molar-refractivity contribution in [1.82, 2.24) is 15.5 Å². The summed E-state index contributed by atoms with van der Waals surface area (Å²) in [6.45, 7) is 3.66. The molecule has 1 amide bonds. The predicted molar refractivity (Wildman–Crippen MR) is 69.3 cm³/mol. The smallest absolute Gasteiger partial charge is 0.227 e. The summed E-state index contributed by atoms with van der Waals surface area (Å²) in [6, 6.07) is -0.0677. The Labute approximate surface area is 111 Å². The molecule has 0 bridgehead atoms. The highest BCUT2D eigenvalue weighted by Gasteiger charge is 2.17. The van der Waals surface area contributed by atoms with Crippen LogP contribution in [0, 0.1) is 6.92 Å². The molecule has 0 fully saturated rings. The third-order valence-corrected chi connectivity index (χ3v) is 3.73. The molecule has 6 nitrogen and oxygen atoms in total. The van der Waals surface area contributed by atoms with Crippen LogP contribution in [-0.2, 0) is 11.2 Å². The van der Waals surface area contributed by atoms with E-state index in [4.69, 9.17) is 9.63 Å². The van der Waals surface area contributed by atoms with E-state index in [2.05, 4.69) is 15.5 Å². The van der Waals surface area contributed by atoms with Gasteiger partial charge in [0.2, 0.25) is 11.8 Å². The molecule has 0 aliphatic heterocycles. The van der Waals surface area contributed by atoms with Crippen molar-refractivity contribution in [3.8, 4) is 0 Å². The van der Waals surface area contributed by atoms with Crippen LogP contribution in [0.25, 0.3) is 0 Å². The second-order valence-electron chi connectivity index (χ2n) is 4.05. The topological polar surface area (TPSA) is 88.2 Å². The molecule has 1 rings (SSSR count). The van der Waals surface area contributed by atoms with Crippen molar-refractivity contribution >= 4 is 17.7 Å². The van der Waals surface area contributed by atoms with Crippen LogP contribution in [0.3, 0.4) is 0 Å². The molecular weight excluding hydrogens is 254 g/mol. The van der Waals surface area contributed by atoms with E-state index in [1.165, 1.54) is 11.8 Å². The summed E-state index contributed by atoms with van der Waals surface area (Å²) in [7, 11) is 0. The molecule has 1 aromatic rings. The molecule has 0 aliphatic carbocycles. The van der Waals surface area contributed by atoms with Crippen molar-refractivity contribution in [3.63, 3.8) is 0 Å². The lowest BCUT2D eigenvalue weighted by Gasteiger charge is -2.21. The molecule has 2 unspecified atom stereocenters. The first-order chi connectivity index (χ1) is 8.56. The average Bonchev–Trinajstić information content (AvgIpc) is 2.74. The highest BCUT2D eigenvalue weighted by molar-refractivity contribution is 7.99. The largest absolute Gasteiger partial charge is 0.395 e. The van der Waals surface area contributed by atoms with Crippen molar-refractivity contribution < 1.29 is 14.4 Å². The lowest BCUT2D eigenvalue weighted by molar-refractivity contribution is -0.121. The summed E-state index contributed by atoms with van der Waals surface area (Å²) in [6.07, 6.45) is 2.64. The summed E-state index contributed by atoms with van der Waals surface area (Å²) in [5, 5.41) is 15.6. The molecule has 1 heterocycles. The fourth-order valence-corrected chi connectivity index (χ4v) is 2.14. The zero-order valence-corrected chi connectivity index (χ0v) is 11.7. The monoisotopic (exact) mass is 273 g/mol. The van der Waals surface area contributed by atoms with Crippen molar-refractivity contribution in [1.29, 1.82) is 0 Å². The van der Waals surface area contributed by atoms with Gasteiger partial charge in [0, 0.05) is 24.1 Å². The van der Waals surface area contributed by atoms with E-state index in [-0.39, 0.29) is 23.8 Å². The molecule has 2 N–H and O–H groups in total. The Morgan fingerprint density at radius 3 is 2.83 bits per heavy atom. The van der Waals surface area contributed by atoms with Gasteiger partial charge in [-0.05, 0) is 20.1 Å². The normalized spacial score (nSPS) is 14.2. The molecule has 2 atom stereocenters. The van der Waals surface area contributed by atoms with Gasteiger partial charge in [0.1, 0.15) is 0 Å². The molecule has 0 aromatic carbocycles. The average molecular weight is 273 g/mol. The minimum Gasteiger partial charge on any atom is -0.395 e. The van der Waals surface area contributed by atoms with E-state index in [1.807, 2.05) is 13.2 Å². The number of amides is 1. The Morgan fingerprint density at radius 1 is 1.61 bits per heavy atom. The Morgan fingerprint density at radius 2 is 2.33 bits per heavy atom. The van der Waals surface area contributed by atoms with Gasteiger partial charge < -0.3 is 14.9 Å². The van der Waals surface area contributed by atoms with E-state index >= 15 is 0 Å². The molecule has 0 spiro atoms. The maximum Gasteiger partial charge on any atom is 0.227 e. The molecular formula is C11H19N3O3S. The van der Waals surface area contributed by atoms with Crippen LogP contribution in [0.5, 0.6) is 0 Å². The first-order valence-electron chi connectivity index (χ1n) is 5.79. The van der Waals surface area contributed by atoms with Gasteiger partial charge in [-0.25, -0.2) is 0 Å². The number of aromatic nitrogens is 2. The number of aryl methyl sites for hydroxylation is 2. The molecule has 0 aliphatic rings. The highest BCUT2D eigenvalue weighted by atomic mass is 32.2. The van der Waals surface area contributed by atoms with Gasteiger partial charge in [-0.15, -0.1) is 0 Å². The van der Waals surface area contributed by atoms with Gasteiger partial charge in [0.25, 0.3) is 0 Å². The SMILES string of the molecule is CSC(CO)C(C)NC(=O)CCc1nc(C)no1. The Hall–Kier alpha value is -1.08. The molecule has 18 heavy (non-hydrogen) atoms. The standard InChI is InChI=1S/C11H19N3O3S/c1-7(9(6-15)18-3)12-10(16)4-5-11-13-8(2)14-17-11/h7,9,15H,4-6H2,1-3H3,(H,12,16). The molecule has 0 radical (unpaired) electrons. The number of carbonyl (C=O) groups is 1. The maximum absolute atomic E-state index is 11.7. The number of carbonyl (C=O) groups excluding carboxylic acids is 1. The molecule has 102 valence electrons. The van der Waals surface area contributed by atoms with Gasteiger partial charge in [-0.1, -0.05) is 5.16 Å². The number of hydrogen-bond donors (Lipinski definition) is 2. The summed E-state index contributed by atoms with van der Waals surface area (Å²) in [5.74, 6) is 0.964. The lowest BCUT2D eigenvalue weighted by Crippen LogP contribution is -2.41. The van der Waals surface area contributed by atoms with E-state index in [9.17, 15) is 4.79 Å². The van der Waals surface area contributed by atoms with Gasteiger partial charge in [-0.3, -0.25) is 4.79 Å². The molecule has 0 saturated carbocycles. The van der Waals surface area contributed by atoms with E-state index in [0.29, 0.717) is 24.6 Å². The quantitative estimate of drug-likeness (QED) is 0.754. The fraction of sp³-hybridized carbons (Fsp3) is 0.727. The van der Waals surface area contributed by atoms with Crippen LogP contribution in [0.4, 0.5) is 0 Å². The van der Waals surface area contributed by atoms with Crippen LogP contribution >= 0.6 is 11.8 Å². The number of hydrogen-bond acceptors (Lipinski definition) is 6. The Kier molecular flexibility index (Phi) is 6.14. The van der Waals surface area contributed by atoms with Crippen LogP contribution in [0.15, 0.2) is 4.52 Å². The first kappa shape index (κ1) is 15.0. The van der Waals surface area contributed by atoms with Crippen LogP contribution in [0.2, 0.25) is 0 Å². The summed E-state index contributed by atoms with van der Waals surface area (Å²) in [4.78, 5) is 15.7. The summed E-state index contributed by atoms with van der Waals surface area (Å²) in [5.41, 5.74) is 0. The van der Waals surface area contributed by atoms with Crippen molar-refractivity contribution in [2.45, 2.75) is 38.0 Å². The number of nitrogens with zero attached hydrogens (tertiary/aromatic N) is 2. The van der Waals surface area contributed by atoms with Gasteiger partial charge in [0.05, 0.1) is 6.61 Å². The zero-order chi connectivity index (χ0) is 13.5. The predicted octanol–water partition coefficient (Wildman–Crippen LogP) is 0.539. The van der Waals surface area contributed by atoms with Gasteiger partial charge in [0.15, 0.2) is 5.82 Å². The van der Waals surface area contributed by atoms with Crippen molar-refractivity contribution in [3.05, 3.63) is 11.7 Å². The first-order valence-corrected chi connectivity index (χ1v) is 7.07. The second kappa shape index (κ2) is 7.38.